The maximum atomic E-state index is 11.7. The summed E-state index contributed by atoms with van der Waals surface area (Å²) in [5.41, 5.74) is 0. The third-order valence-electron chi connectivity index (χ3n) is 3.18. The van der Waals surface area contributed by atoms with Crippen molar-refractivity contribution < 1.29 is 19.5 Å². The highest BCUT2D eigenvalue weighted by atomic mass is 16.4. The first-order valence-corrected chi connectivity index (χ1v) is 6.31. The Kier molecular flexibility index (Phi) is 5.61. The average molecular weight is 256 g/mol. The number of hydrogen-bond acceptors (Lipinski definition) is 3. The Balaban J connectivity index is 2.22. The number of rotatable bonds is 6. The quantitative estimate of drug-likeness (QED) is 0.629. The van der Waals surface area contributed by atoms with Crippen LogP contribution < -0.4 is 10.6 Å². The number of carboxylic acid groups (broad SMARTS) is 1. The van der Waals surface area contributed by atoms with Gasteiger partial charge in [-0.2, -0.15) is 0 Å². The molecule has 6 nitrogen and oxygen atoms in total. The molecule has 0 unspecified atom stereocenters. The van der Waals surface area contributed by atoms with Gasteiger partial charge in [-0.1, -0.05) is 0 Å². The van der Waals surface area contributed by atoms with Crippen LogP contribution >= 0.6 is 0 Å². The summed E-state index contributed by atoms with van der Waals surface area (Å²) in [5.74, 6) is -1.67. The molecule has 1 fully saturated rings. The minimum atomic E-state index is -0.826. The molecule has 1 aliphatic carbocycles. The van der Waals surface area contributed by atoms with Gasteiger partial charge in [0.15, 0.2) is 0 Å². The minimum absolute atomic E-state index is 0.0902. The molecule has 0 aromatic rings. The summed E-state index contributed by atoms with van der Waals surface area (Å²) in [6.07, 6.45) is 1.84. The Hall–Kier alpha value is -1.59. The summed E-state index contributed by atoms with van der Waals surface area (Å²) in [6.45, 7) is 2.72. The van der Waals surface area contributed by atoms with Gasteiger partial charge in [-0.25, -0.2) is 0 Å². The first-order chi connectivity index (χ1) is 8.54. The summed E-state index contributed by atoms with van der Waals surface area (Å²) in [6, 6.07) is 0. The molecule has 18 heavy (non-hydrogen) atoms. The van der Waals surface area contributed by atoms with Crippen LogP contribution in [0.4, 0.5) is 0 Å². The zero-order valence-corrected chi connectivity index (χ0v) is 10.6. The number of amides is 2. The maximum Gasteiger partial charge on any atom is 0.306 e. The SMILES string of the molecule is CCNC(=O)CCNC(=O)[C@@H]1CC[C@H](C(=O)O)C1. The lowest BCUT2D eigenvalue weighted by Gasteiger charge is -2.10. The van der Waals surface area contributed by atoms with Gasteiger partial charge in [0.2, 0.25) is 11.8 Å². The number of carbonyl (C=O) groups excluding carboxylic acids is 2. The van der Waals surface area contributed by atoms with Crippen molar-refractivity contribution in [2.75, 3.05) is 13.1 Å². The molecule has 0 aromatic carbocycles. The van der Waals surface area contributed by atoms with Crippen molar-refractivity contribution in [2.45, 2.75) is 32.6 Å². The van der Waals surface area contributed by atoms with Crippen LogP contribution in [0.5, 0.6) is 0 Å². The van der Waals surface area contributed by atoms with Gasteiger partial charge >= 0.3 is 5.97 Å². The molecule has 102 valence electrons. The minimum Gasteiger partial charge on any atom is -0.481 e. The standard InChI is InChI=1S/C12H20N2O4/c1-2-13-10(15)5-6-14-11(16)8-3-4-9(7-8)12(17)18/h8-9H,2-7H2,1H3,(H,13,15)(H,14,16)(H,17,18)/t8-,9+/m1/s1. The van der Waals surface area contributed by atoms with Crippen molar-refractivity contribution in [2.24, 2.45) is 11.8 Å². The topological polar surface area (TPSA) is 95.5 Å². The molecule has 2 atom stereocenters. The van der Waals surface area contributed by atoms with E-state index in [4.69, 9.17) is 5.11 Å². The second kappa shape index (κ2) is 6.98. The van der Waals surface area contributed by atoms with Crippen molar-refractivity contribution in [3.8, 4) is 0 Å². The molecule has 3 N–H and O–H groups in total. The van der Waals surface area contributed by atoms with Gasteiger partial charge in [-0.3, -0.25) is 14.4 Å². The smallest absolute Gasteiger partial charge is 0.306 e. The van der Waals surface area contributed by atoms with Gasteiger partial charge in [-0.15, -0.1) is 0 Å². The van der Waals surface area contributed by atoms with Gasteiger partial charge in [0.05, 0.1) is 5.92 Å². The lowest BCUT2D eigenvalue weighted by Crippen LogP contribution is -2.33. The number of carbonyl (C=O) groups is 3. The van der Waals surface area contributed by atoms with Crippen LogP contribution in [0.15, 0.2) is 0 Å². The fourth-order valence-electron chi connectivity index (χ4n) is 2.17. The van der Waals surface area contributed by atoms with Crippen LogP contribution in [0, 0.1) is 11.8 Å². The third kappa shape index (κ3) is 4.35. The predicted molar refractivity (Wildman–Crippen MR) is 64.8 cm³/mol. The summed E-state index contributed by atoms with van der Waals surface area (Å²) in [5, 5.41) is 14.2. The van der Waals surface area contributed by atoms with Crippen molar-refractivity contribution in [1.82, 2.24) is 10.6 Å². The van der Waals surface area contributed by atoms with E-state index in [1.54, 1.807) is 0 Å². The lowest BCUT2D eigenvalue weighted by atomic mass is 10.0. The van der Waals surface area contributed by atoms with E-state index in [9.17, 15) is 14.4 Å². The Labute approximate surface area is 106 Å². The normalized spacial score (nSPS) is 22.5. The summed E-state index contributed by atoms with van der Waals surface area (Å²) in [4.78, 5) is 33.6. The molecule has 0 saturated heterocycles. The Morgan fingerprint density at radius 1 is 1.17 bits per heavy atom. The van der Waals surface area contributed by atoms with Crippen molar-refractivity contribution >= 4 is 17.8 Å². The Morgan fingerprint density at radius 2 is 1.83 bits per heavy atom. The molecule has 0 heterocycles. The van der Waals surface area contributed by atoms with Crippen LogP contribution in [0.1, 0.15) is 32.6 Å². The Morgan fingerprint density at radius 3 is 2.39 bits per heavy atom. The zero-order chi connectivity index (χ0) is 13.5. The Bertz CT molecular complexity index is 330. The van der Waals surface area contributed by atoms with Gasteiger partial charge in [0.1, 0.15) is 0 Å². The predicted octanol–water partition coefficient (Wildman–Crippen LogP) is 0.130. The van der Waals surface area contributed by atoms with Crippen molar-refractivity contribution in [1.29, 1.82) is 0 Å². The number of aliphatic carboxylic acids is 1. The number of nitrogens with one attached hydrogen (secondary N) is 2. The van der Waals surface area contributed by atoms with Gasteiger partial charge < -0.3 is 15.7 Å². The highest BCUT2D eigenvalue weighted by Gasteiger charge is 2.33. The van der Waals surface area contributed by atoms with Gasteiger partial charge in [0, 0.05) is 25.4 Å². The molecule has 1 rings (SSSR count). The van der Waals surface area contributed by atoms with Crippen LogP contribution in [0.25, 0.3) is 0 Å². The summed E-state index contributed by atoms with van der Waals surface area (Å²) in [7, 11) is 0. The molecule has 0 aromatic heterocycles. The molecule has 6 heteroatoms. The van der Waals surface area contributed by atoms with E-state index in [-0.39, 0.29) is 24.2 Å². The monoisotopic (exact) mass is 256 g/mol. The molecule has 2 amide bonds. The molecule has 1 saturated carbocycles. The van der Waals surface area contributed by atoms with Crippen LogP contribution in [-0.2, 0) is 14.4 Å². The molecular formula is C12H20N2O4. The summed E-state index contributed by atoms with van der Waals surface area (Å²) < 4.78 is 0. The van der Waals surface area contributed by atoms with Gasteiger partial charge in [-0.05, 0) is 26.2 Å². The molecule has 0 radical (unpaired) electrons. The second-order valence-electron chi connectivity index (χ2n) is 4.54. The van der Waals surface area contributed by atoms with E-state index in [2.05, 4.69) is 10.6 Å². The van der Waals surface area contributed by atoms with Crippen molar-refractivity contribution in [3.05, 3.63) is 0 Å². The number of hydrogen-bond donors (Lipinski definition) is 3. The largest absolute Gasteiger partial charge is 0.481 e. The average Bonchev–Trinajstić information content (AvgIpc) is 2.78. The van der Waals surface area contributed by atoms with E-state index in [0.717, 1.165) is 0 Å². The third-order valence-corrected chi connectivity index (χ3v) is 3.18. The first kappa shape index (κ1) is 14.5. The van der Waals surface area contributed by atoms with Crippen molar-refractivity contribution in [3.63, 3.8) is 0 Å². The summed E-state index contributed by atoms with van der Waals surface area (Å²) >= 11 is 0. The van der Waals surface area contributed by atoms with Gasteiger partial charge in [0.25, 0.3) is 0 Å². The highest BCUT2D eigenvalue weighted by molar-refractivity contribution is 5.82. The van der Waals surface area contributed by atoms with Crippen LogP contribution in [-0.4, -0.2) is 36.0 Å². The second-order valence-corrected chi connectivity index (χ2v) is 4.54. The first-order valence-electron chi connectivity index (χ1n) is 6.31. The fourth-order valence-corrected chi connectivity index (χ4v) is 2.17. The molecule has 0 spiro atoms. The zero-order valence-electron chi connectivity index (χ0n) is 10.6. The lowest BCUT2D eigenvalue weighted by molar-refractivity contribution is -0.141. The van der Waals surface area contributed by atoms with Crippen LogP contribution in [0.2, 0.25) is 0 Å². The van der Waals surface area contributed by atoms with Crippen LogP contribution in [0.3, 0.4) is 0 Å². The molecule has 0 aliphatic heterocycles. The molecule has 1 aliphatic rings. The van der Waals surface area contributed by atoms with E-state index in [1.807, 2.05) is 6.92 Å². The van der Waals surface area contributed by atoms with E-state index in [1.165, 1.54) is 0 Å². The van der Waals surface area contributed by atoms with E-state index < -0.39 is 11.9 Å². The van der Waals surface area contributed by atoms with E-state index in [0.29, 0.717) is 32.4 Å². The molecule has 0 bridgehead atoms. The van der Waals surface area contributed by atoms with E-state index >= 15 is 0 Å². The number of carboxylic acids is 1. The molecular weight excluding hydrogens is 236 g/mol. The fraction of sp³-hybridized carbons (Fsp3) is 0.750. The maximum absolute atomic E-state index is 11.7. The highest BCUT2D eigenvalue weighted by Crippen LogP contribution is 2.30.